The van der Waals surface area contributed by atoms with Crippen LogP contribution in [0.25, 0.3) is 0 Å². The maximum atomic E-state index is 12.7. The van der Waals surface area contributed by atoms with Crippen LogP contribution in [0.3, 0.4) is 0 Å². The van der Waals surface area contributed by atoms with Crippen LogP contribution in [0.5, 0.6) is 0 Å². The highest BCUT2D eigenvalue weighted by atomic mass is 19.4. The third-order valence-electron chi connectivity index (χ3n) is 3.64. The van der Waals surface area contributed by atoms with Crippen LogP contribution in [-0.4, -0.2) is 7.85 Å². The molecule has 1 aromatic rings. The van der Waals surface area contributed by atoms with Gasteiger partial charge >= 0.3 is 12.4 Å². The molecule has 7 heteroatoms. The van der Waals surface area contributed by atoms with Gasteiger partial charge in [0.15, 0.2) is 0 Å². The van der Waals surface area contributed by atoms with Gasteiger partial charge in [-0.2, -0.15) is 26.3 Å². The van der Waals surface area contributed by atoms with Crippen molar-refractivity contribution in [3.63, 3.8) is 0 Å². The molecule has 1 aliphatic carbocycles. The molecule has 108 valence electrons. The first-order valence-corrected chi connectivity index (χ1v) is 6.01. The van der Waals surface area contributed by atoms with Crippen molar-refractivity contribution in [2.75, 3.05) is 0 Å². The Morgan fingerprint density at radius 1 is 0.850 bits per heavy atom. The fraction of sp³-hybridized carbons (Fsp3) is 0.538. The van der Waals surface area contributed by atoms with E-state index in [0.717, 1.165) is 0 Å². The molecule has 2 radical (unpaired) electrons. The smallest absolute Gasteiger partial charge is 0.166 e. The largest absolute Gasteiger partial charge is 0.416 e. The predicted octanol–water partition coefficient (Wildman–Crippen LogP) is 4.52. The van der Waals surface area contributed by atoms with E-state index in [4.69, 9.17) is 7.85 Å². The van der Waals surface area contributed by atoms with Crippen molar-refractivity contribution in [3.05, 3.63) is 34.9 Å². The first-order chi connectivity index (χ1) is 8.92. The minimum atomic E-state index is -4.84. The molecule has 1 atom stereocenters. The molecule has 0 heterocycles. The molecule has 1 aliphatic rings. The minimum absolute atomic E-state index is 0.0768. The maximum Gasteiger partial charge on any atom is 0.416 e. The Morgan fingerprint density at radius 3 is 1.50 bits per heavy atom. The van der Waals surface area contributed by atoms with Crippen LogP contribution in [0.2, 0.25) is 0 Å². The Bertz CT molecular complexity index is 478. The van der Waals surface area contributed by atoms with E-state index in [1.165, 1.54) is 6.92 Å². The van der Waals surface area contributed by atoms with Gasteiger partial charge in [-0.25, -0.2) is 0 Å². The van der Waals surface area contributed by atoms with Gasteiger partial charge in [0.25, 0.3) is 0 Å². The van der Waals surface area contributed by atoms with Crippen LogP contribution in [-0.2, 0) is 17.7 Å². The van der Waals surface area contributed by atoms with Gasteiger partial charge in [-0.1, -0.05) is 19.8 Å². The van der Waals surface area contributed by atoms with Gasteiger partial charge in [-0.05, 0) is 35.0 Å². The van der Waals surface area contributed by atoms with E-state index < -0.39 is 28.8 Å². The van der Waals surface area contributed by atoms with Crippen molar-refractivity contribution < 1.29 is 26.3 Å². The van der Waals surface area contributed by atoms with Gasteiger partial charge in [0, 0.05) is 0 Å². The van der Waals surface area contributed by atoms with E-state index >= 15 is 0 Å². The SMILES string of the molecule is [B]C(C)(c1cc(C(F)(F)F)cc(C(F)(F)F)c1)C1CC1. The second-order valence-corrected chi connectivity index (χ2v) is 5.35. The minimum Gasteiger partial charge on any atom is -0.166 e. The number of rotatable bonds is 2. The summed E-state index contributed by atoms with van der Waals surface area (Å²) in [6.45, 7) is 1.47. The van der Waals surface area contributed by atoms with E-state index in [0.29, 0.717) is 25.0 Å². The molecule has 0 N–H and O–H groups in total. The van der Waals surface area contributed by atoms with Crippen molar-refractivity contribution in [2.24, 2.45) is 5.92 Å². The summed E-state index contributed by atoms with van der Waals surface area (Å²) in [5, 5.41) is -1.18. The van der Waals surface area contributed by atoms with Crippen molar-refractivity contribution in [2.45, 2.75) is 37.4 Å². The van der Waals surface area contributed by atoms with E-state index in [1.54, 1.807) is 0 Å². The van der Waals surface area contributed by atoms with Crippen LogP contribution in [0.4, 0.5) is 26.3 Å². The van der Waals surface area contributed by atoms with Crippen molar-refractivity contribution in [1.29, 1.82) is 0 Å². The highest BCUT2D eigenvalue weighted by Gasteiger charge is 2.42. The summed E-state index contributed by atoms with van der Waals surface area (Å²) in [5.74, 6) is -0.0768. The Kier molecular flexibility index (Phi) is 3.38. The lowest BCUT2D eigenvalue weighted by Gasteiger charge is -2.27. The van der Waals surface area contributed by atoms with Gasteiger partial charge in [0.1, 0.15) is 0 Å². The molecule has 0 spiro atoms. The van der Waals surface area contributed by atoms with Gasteiger partial charge in [0.05, 0.1) is 19.0 Å². The molecule has 1 fully saturated rings. The van der Waals surface area contributed by atoms with Crippen LogP contribution in [0.15, 0.2) is 18.2 Å². The molecule has 20 heavy (non-hydrogen) atoms. The van der Waals surface area contributed by atoms with Crippen molar-refractivity contribution in [1.82, 2.24) is 0 Å². The lowest BCUT2D eigenvalue weighted by Crippen LogP contribution is -2.26. The van der Waals surface area contributed by atoms with E-state index in [1.807, 2.05) is 0 Å². The molecule has 0 saturated heterocycles. The van der Waals surface area contributed by atoms with Crippen LogP contribution in [0, 0.1) is 5.92 Å². The van der Waals surface area contributed by atoms with Crippen LogP contribution in [0.1, 0.15) is 36.5 Å². The summed E-state index contributed by atoms with van der Waals surface area (Å²) in [6.07, 6.45) is -8.25. The molecule has 1 unspecified atom stereocenters. The van der Waals surface area contributed by atoms with Gasteiger partial charge in [-0.3, -0.25) is 0 Å². The summed E-state index contributed by atoms with van der Waals surface area (Å²) in [5.41, 5.74) is -2.76. The van der Waals surface area contributed by atoms with Gasteiger partial charge < -0.3 is 0 Å². The first kappa shape index (κ1) is 15.3. The number of hydrogen-bond acceptors (Lipinski definition) is 0. The number of hydrogen-bond donors (Lipinski definition) is 0. The van der Waals surface area contributed by atoms with E-state index in [9.17, 15) is 26.3 Å². The van der Waals surface area contributed by atoms with Crippen LogP contribution >= 0.6 is 0 Å². The zero-order valence-corrected chi connectivity index (χ0v) is 10.6. The highest BCUT2D eigenvalue weighted by molar-refractivity contribution is 6.16. The predicted molar refractivity (Wildman–Crippen MR) is 62.3 cm³/mol. The summed E-state index contributed by atoms with van der Waals surface area (Å²) < 4.78 is 76.4. The Hall–Kier alpha value is -1.14. The molecule has 1 saturated carbocycles. The molecule has 0 nitrogen and oxygen atoms in total. The summed E-state index contributed by atoms with van der Waals surface area (Å²) in [6, 6.07) is 1.55. The van der Waals surface area contributed by atoms with Crippen LogP contribution < -0.4 is 0 Å². The first-order valence-electron chi connectivity index (χ1n) is 6.01. The molecule has 0 aliphatic heterocycles. The molecule has 2 rings (SSSR count). The Morgan fingerprint density at radius 2 is 1.20 bits per heavy atom. The average Bonchev–Trinajstić information content (AvgIpc) is 3.09. The fourth-order valence-electron chi connectivity index (χ4n) is 2.18. The lowest BCUT2D eigenvalue weighted by molar-refractivity contribution is -0.143. The third kappa shape index (κ3) is 2.96. The average molecular weight is 292 g/mol. The maximum absolute atomic E-state index is 12.7. The molecule has 0 amide bonds. The van der Waals surface area contributed by atoms with Crippen molar-refractivity contribution in [3.8, 4) is 0 Å². The molecule has 0 bridgehead atoms. The fourth-order valence-corrected chi connectivity index (χ4v) is 2.18. The topological polar surface area (TPSA) is 0 Å². The number of alkyl halides is 6. The summed E-state index contributed by atoms with van der Waals surface area (Å²) in [7, 11) is 5.93. The number of benzene rings is 1. The monoisotopic (exact) mass is 292 g/mol. The van der Waals surface area contributed by atoms with E-state index in [-0.39, 0.29) is 17.5 Å². The Labute approximate surface area is 113 Å². The second-order valence-electron chi connectivity index (χ2n) is 5.35. The quantitative estimate of drug-likeness (QED) is 0.555. The zero-order chi connectivity index (χ0) is 15.3. The molecular weight excluding hydrogens is 281 g/mol. The summed E-state index contributed by atoms with van der Waals surface area (Å²) >= 11 is 0. The molecular formula is C13H11BF6. The second kappa shape index (κ2) is 4.43. The van der Waals surface area contributed by atoms with Gasteiger partial charge in [0.2, 0.25) is 0 Å². The third-order valence-corrected chi connectivity index (χ3v) is 3.64. The summed E-state index contributed by atoms with van der Waals surface area (Å²) in [4.78, 5) is 0. The lowest BCUT2D eigenvalue weighted by atomic mass is 9.62. The Balaban J connectivity index is 2.57. The highest BCUT2D eigenvalue weighted by Crippen LogP contribution is 2.47. The molecule has 1 aromatic carbocycles. The zero-order valence-electron chi connectivity index (χ0n) is 10.6. The molecule has 0 aromatic heterocycles. The van der Waals surface area contributed by atoms with Gasteiger partial charge in [-0.15, -0.1) is 0 Å². The number of halogens is 6. The van der Waals surface area contributed by atoms with E-state index in [2.05, 4.69) is 0 Å². The standard InChI is InChI=1S/C13H11BF6/c1-11(14,7-2-3-7)8-4-9(12(15,16)17)6-10(5-8)13(18,19)20/h4-7H,2-3H2,1H3. The normalized spacial score (nSPS) is 19.8. The van der Waals surface area contributed by atoms with Crippen molar-refractivity contribution >= 4 is 7.85 Å².